The van der Waals surface area contributed by atoms with E-state index >= 15 is 0 Å². The Morgan fingerprint density at radius 2 is 1.68 bits per heavy atom. The third-order valence-electron chi connectivity index (χ3n) is 5.09. The number of hydrogen-bond donors (Lipinski definition) is 1. The van der Waals surface area contributed by atoms with Crippen LogP contribution in [0.4, 0.5) is 23.2 Å². The smallest absolute Gasteiger partial charge is 0.325 e. The van der Waals surface area contributed by atoms with Gasteiger partial charge >= 0.3 is 6.18 Å². The van der Waals surface area contributed by atoms with Gasteiger partial charge in [-0.1, -0.05) is 12.1 Å². The zero-order valence-electron chi connectivity index (χ0n) is 16.6. The molecule has 1 unspecified atom stereocenters. The molecule has 0 saturated carbocycles. The highest BCUT2D eigenvalue weighted by Gasteiger charge is 2.35. The number of carbonyl (C=O) groups excluding carboxylic acids is 1. The average Bonchev–Trinajstić information content (AvgIpc) is 2.73. The molecule has 31 heavy (non-hydrogen) atoms. The van der Waals surface area contributed by atoms with Crippen molar-refractivity contribution in [1.82, 2.24) is 9.21 Å². The summed E-state index contributed by atoms with van der Waals surface area (Å²) in [5, 5.41) is 2.61. The van der Waals surface area contributed by atoms with Crippen molar-refractivity contribution in [2.24, 2.45) is 0 Å². The Balaban J connectivity index is 1.64. The van der Waals surface area contributed by atoms with Crippen LogP contribution in [0.5, 0.6) is 0 Å². The lowest BCUT2D eigenvalue weighted by atomic mass is 10.2. The molecule has 168 valence electrons. The van der Waals surface area contributed by atoms with Gasteiger partial charge in [0.05, 0.1) is 16.5 Å². The van der Waals surface area contributed by atoms with Gasteiger partial charge in [0, 0.05) is 31.9 Å². The molecule has 1 heterocycles. The quantitative estimate of drug-likeness (QED) is 0.698. The first-order valence-electron chi connectivity index (χ1n) is 9.46. The Bertz CT molecular complexity index is 1050. The van der Waals surface area contributed by atoms with Crippen LogP contribution in [0.3, 0.4) is 0 Å². The van der Waals surface area contributed by atoms with Crippen molar-refractivity contribution in [3.05, 3.63) is 59.9 Å². The zero-order chi connectivity index (χ0) is 22.8. The Kier molecular flexibility index (Phi) is 6.68. The van der Waals surface area contributed by atoms with Gasteiger partial charge < -0.3 is 5.32 Å². The van der Waals surface area contributed by atoms with Crippen molar-refractivity contribution >= 4 is 21.6 Å². The molecular weight excluding hydrogens is 438 g/mol. The largest absolute Gasteiger partial charge is 0.416 e. The predicted octanol–water partition coefficient (Wildman–Crippen LogP) is 3.18. The fourth-order valence-electron chi connectivity index (χ4n) is 3.29. The van der Waals surface area contributed by atoms with Gasteiger partial charge in [-0.25, -0.2) is 12.8 Å². The van der Waals surface area contributed by atoms with Gasteiger partial charge in [-0.05, 0) is 43.3 Å². The minimum Gasteiger partial charge on any atom is -0.325 e. The monoisotopic (exact) mass is 459 g/mol. The molecule has 2 aromatic carbocycles. The summed E-state index contributed by atoms with van der Waals surface area (Å²) in [5.74, 6) is -0.862. The second-order valence-electron chi connectivity index (χ2n) is 7.14. The molecule has 0 spiro atoms. The fourth-order valence-corrected chi connectivity index (χ4v) is 4.76. The van der Waals surface area contributed by atoms with E-state index in [0.29, 0.717) is 11.8 Å². The summed E-state index contributed by atoms with van der Waals surface area (Å²) >= 11 is 0. The van der Waals surface area contributed by atoms with Gasteiger partial charge in [-0.2, -0.15) is 17.5 Å². The number of carbonyl (C=O) groups is 1. The number of amides is 1. The minimum atomic E-state index is -4.64. The number of nitrogens with one attached hydrogen (secondary N) is 1. The first kappa shape index (κ1) is 23.2. The number of hydrogen-bond acceptors (Lipinski definition) is 4. The van der Waals surface area contributed by atoms with E-state index < -0.39 is 38.5 Å². The number of alkyl halides is 3. The van der Waals surface area contributed by atoms with Crippen molar-refractivity contribution in [2.45, 2.75) is 24.0 Å². The predicted molar refractivity (Wildman–Crippen MR) is 106 cm³/mol. The van der Waals surface area contributed by atoms with Crippen LogP contribution >= 0.6 is 0 Å². The fraction of sp³-hybridized carbons (Fsp3) is 0.350. The van der Waals surface area contributed by atoms with Crippen molar-refractivity contribution < 1.29 is 30.8 Å². The van der Waals surface area contributed by atoms with Crippen LogP contribution < -0.4 is 5.32 Å². The van der Waals surface area contributed by atoms with Crippen LogP contribution in [-0.4, -0.2) is 55.8 Å². The Labute approximate surface area is 177 Å². The number of benzene rings is 2. The number of piperazine rings is 1. The van der Waals surface area contributed by atoms with Crippen LogP contribution in [0.1, 0.15) is 12.5 Å². The van der Waals surface area contributed by atoms with Crippen molar-refractivity contribution in [3.63, 3.8) is 0 Å². The molecule has 6 nitrogen and oxygen atoms in total. The molecular formula is C20H21F4N3O3S. The maximum Gasteiger partial charge on any atom is 0.416 e. The molecule has 0 bridgehead atoms. The molecule has 3 rings (SSSR count). The van der Waals surface area contributed by atoms with E-state index in [1.165, 1.54) is 18.2 Å². The Morgan fingerprint density at radius 1 is 1.03 bits per heavy atom. The van der Waals surface area contributed by atoms with Crippen LogP contribution in [0.15, 0.2) is 53.4 Å². The molecule has 0 aromatic heterocycles. The van der Waals surface area contributed by atoms with Gasteiger partial charge in [-0.15, -0.1) is 0 Å². The molecule has 11 heteroatoms. The highest BCUT2D eigenvalue weighted by atomic mass is 32.2. The van der Waals surface area contributed by atoms with Crippen LogP contribution in [0, 0.1) is 5.82 Å². The number of halogens is 4. The molecule has 1 N–H and O–H groups in total. The maximum absolute atomic E-state index is 13.3. The SMILES string of the molecule is CC(C(=O)Nc1cccc(F)c1)N1CCN(S(=O)(=O)c2cccc(C(F)(F)F)c2)CC1. The molecule has 1 aliphatic heterocycles. The van der Waals surface area contributed by atoms with E-state index in [2.05, 4.69) is 5.32 Å². The van der Waals surface area contributed by atoms with Crippen LogP contribution in [-0.2, 0) is 21.0 Å². The average molecular weight is 459 g/mol. The number of rotatable bonds is 5. The van der Waals surface area contributed by atoms with E-state index in [-0.39, 0.29) is 32.1 Å². The van der Waals surface area contributed by atoms with Crippen LogP contribution in [0.25, 0.3) is 0 Å². The van der Waals surface area contributed by atoms with Gasteiger partial charge in [0.1, 0.15) is 5.82 Å². The summed E-state index contributed by atoms with van der Waals surface area (Å²) in [5.41, 5.74) is -0.725. The summed E-state index contributed by atoms with van der Waals surface area (Å²) in [6.07, 6.45) is -4.64. The molecule has 1 amide bonds. The molecule has 1 saturated heterocycles. The first-order valence-corrected chi connectivity index (χ1v) is 10.9. The summed E-state index contributed by atoms with van der Waals surface area (Å²) in [7, 11) is -4.10. The van der Waals surface area contributed by atoms with E-state index in [1.54, 1.807) is 17.9 Å². The summed E-state index contributed by atoms with van der Waals surface area (Å²) in [6.45, 7) is 2.13. The second kappa shape index (κ2) is 8.93. The van der Waals surface area contributed by atoms with E-state index in [0.717, 1.165) is 22.5 Å². The second-order valence-corrected chi connectivity index (χ2v) is 9.08. The molecule has 0 radical (unpaired) electrons. The molecule has 2 aromatic rings. The maximum atomic E-state index is 13.3. The van der Waals surface area contributed by atoms with Gasteiger partial charge in [0.15, 0.2) is 0 Å². The lowest BCUT2D eigenvalue weighted by Crippen LogP contribution is -2.53. The lowest BCUT2D eigenvalue weighted by molar-refractivity contribution is -0.137. The molecule has 1 fully saturated rings. The van der Waals surface area contributed by atoms with E-state index in [4.69, 9.17) is 0 Å². The van der Waals surface area contributed by atoms with Crippen molar-refractivity contribution in [3.8, 4) is 0 Å². The number of nitrogens with zero attached hydrogens (tertiary/aromatic N) is 2. The summed E-state index contributed by atoms with van der Waals surface area (Å²) in [6, 6.07) is 8.47. The summed E-state index contributed by atoms with van der Waals surface area (Å²) < 4.78 is 78.7. The van der Waals surface area contributed by atoms with Crippen molar-refractivity contribution in [2.75, 3.05) is 31.5 Å². The first-order chi connectivity index (χ1) is 14.5. The van der Waals surface area contributed by atoms with Gasteiger partial charge in [0.25, 0.3) is 0 Å². The van der Waals surface area contributed by atoms with E-state index in [1.807, 2.05) is 0 Å². The third kappa shape index (κ3) is 5.41. The van der Waals surface area contributed by atoms with Crippen molar-refractivity contribution in [1.29, 1.82) is 0 Å². The van der Waals surface area contributed by atoms with Crippen LogP contribution in [0.2, 0.25) is 0 Å². The lowest BCUT2D eigenvalue weighted by Gasteiger charge is -2.36. The van der Waals surface area contributed by atoms with Gasteiger partial charge in [-0.3, -0.25) is 9.69 Å². The molecule has 1 atom stereocenters. The number of sulfonamides is 1. The number of anilines is 1. The molecule has 1 aliphatic rings. The van der Waals surface area contributed by atoms with E-state index in [9.17, 15) is 30.8 Å². The Hall–Kier alpha value is -2.50. The topological polar surface area (TPSA) is 69.7 Å². The molecule has 0 aliphatic carbocycles. The third-order valence-corrected chi connectivity index (χ3v) is 6.99. The highest BCUT2D eigenvalue weighted by molar-refractivity contribution is 7.89. The summed E-state index contributed by atoms with van der Waals surface area (Å²) in [4.78, 5) is 13.8. The van der Waals surface area contributed by atoms with Gasteiger partial charge in [0.2, 0.25) is 15.9 Å². The minimum absolute atomic E-state index is 0.0240. The zero-order valence-corrected chi connectivity index (χ0v) is 17.4. The standard InChI is InChI=1S/C20H21F4N3O3S/c1-14(19(28)25-17-6-3-5-16(21)13-17)26-8-10-27(11-9-26)31(29,30)18-7-2-4-15(12-18)20(22,23)24/h2-7,12-14H,8-11H2,1H3,(H,25,28). The Morgan fingerprint density at radius 3 is 2.29 bits per heavy atom. The normalized spacial score (nSPS) is 17.3. The highest BCUT2D eigenvalue weighted by Crippen LogP contribution is 2.31.